The summed E-state index contributed by atoms with van der Waals surface area (Å²) in [5, 5.41) is 3.44. The lowest BCUT2D eigenvalue weighted by Crippen LogP contribution is -2.25. The van der Waals surface area contributed by atoms with Crippen LogP contribution in [0.4, 0.5) is 0 Å². The van der Waals surface area contributed by atoms with E-state index >= 15 is 0 Å². The number of hydrogen-bond acceptors (Lipinski definition) is 2. The van der Waals surface area contributed by atoms with Gasteiger partial charge in [-0.25, -0.2) is 0 Å². The van der Waals surface area contributed by atoms with E-state index in [2.05, 4.69) is 40.6 Å². The largest absolute Gasteiger partial charge is 0.313 e. The normalized spacial score (nSPS) is 22.9. The molecule has 3 rings (SSSR count). The third-order valence-corrected chi connectivity index (χ3v) is 3.75. The van der Waals surface area contributed by atoms with E-state index in [9.17, 15) is 0 Å². The summed E-state index contributed by atoms with van der Waals surface area (Å²) in [4.78, 5) is 2.52. The van der Waals surface area contributed by atoms with Gasteiger partial charge in [-0.2, -0.15) is 0 Å². The maximum Gasteiger partial charge on any atom is 0.0243 e. The zero-order valence-corrected chi connectivity index (χ0v) is 10.3. The quantitative estimate of drug-likeness (QED) is 0.781. The first-order valence-electron chi connectivity index (χ1n) is 6.59. The van der Waals surface area contributed by atoms with Crippen LogP contribution in [0.2, 0.25) is 0 Å². The molecule has 0 radical (unpaired) electrons. The predicted octanol–water partition coefficient (Wildman–Crippen LogP) is 2.31. The average molecular weight is 228 g/mol. The summed E-state index contributed by atoms with van der Waals surface area (Å²) in [6.07, 6.45) is 5.01. The summed E-state index contributed by atoms with van der Waals surface area (Å²) >= 11 is 0. The first kappa shape index (κ1) is 11.0. The number of rotatable bonds is 2. The lowest BCUT2D eigenvalue weighted by atomic mass is 10.1. The second-order valence-corrected chi connectivity index (χ2v) is 5.08. The molecule has 1 fully saturated rings. The summed E-state index contributed by atoms with van der Waals surface area (Å²) in [6.45, 7) is 5.62. The highest BCUT2D eigenvalue weighted by Crippen LogP contribution is 2.22. The molecule has 0 atom stereocenters. The van der Waals surface area contributed by atoms with Gasteiger partial charge in [0.15, 0.2) is 0 Å². The molecule has 0 spiro atoms. The van der Waals surface area contributed by atoms with Gasteiger partial charge in [-0.3, -0.25) is 4.90 Å². The van der Waals surface area contributed by atoms with E-state index in [4.69, 9.17) is 0 Å². The molecule has 0 aliphatic carbocycles. The Hall–Kier alpha value is -1.12. The molecule has 17 heavy (non-hydrogen) atoms. The van der Waals surface area contributed by atoms with Gasteiger partial charge in [0.05, 0.1) is 0 Å². The molecule has 0 aromatic heterocycles. The maximum atomic E-state index is 3.44. The molecule has 1 aromatic carbocycles. The molecule has 0 unspecified atom stereocenters. The van der Waals surface area contributed by atoms with Crippen LogP contribution in [0, 0.1) is 0 Å². The molecule has 2 heterocycles. The van der Waals surface area contributed by atoms with Crippen LogP contribution in [-0.2, 0) is 13.1 Å². The third-order valence-electron chi connectivity index (χ3n) is 3.75. The van der Waals surface area contributed by atoms with Gasteiger partial charge in [0, 0.05) is 26.2 Å². The van der Waals surface area contributed by atoms with Crippen molar-refractivity contribution in [2.45, 2.75) is 25.9 Å². The van der Waals surface area contributed by atoms with Crippen LogP contribution in [0.5, 0.6) is 0 Å². The molecule has 90 valence electrons. The van der Waals surface area contributed by atoms with E-state index in [1.807, 2.05) is 0 Å². The standard InChI is InChI=1S/C15H20N2/c1-2-6-15-12-17(11-14(15)5-1)9-7-13-4-3-8-16-10-13/h1-2,5-7,16H,3-4,8-12H2. The van der Waals surface area contributed by atoms with Gasteiger partial charge in [-0.1, -0.05) is 35.9 Å². The fraction of sp³-hybridized carbons (Fsp3) is 0.467. The summed E-state index contributed by atoms with van der Waals surface area (Å²) < 4.78 is 0. The minimum absolute atomic E-state index is 1.10. The zero-order valence-electron chi connectivity index (χ0n) is 10.3. The average Bonchev–Trinajstić information content (AvgIpc) is 2.80. The Morgan fingerprint density at radius 3 is 2.59 bits per heavy atom. The van der Waals surface area contributed by atoms with Crippen LogP contribution in [0.3, 0.4) is 0 Å². The summed E-state index contributed by atoms with van der Waals surface area (Å²) in [7, 11) is 0. The Morgan fingerprint density at radius 1 is 1.18 bits per heavy atom. The van der Waals surface area contributed by atoms with Crippen molar-refractivity contribution in [3.8, 4) is 0 Å². The van der Waals surface area contributed by atoms with E-state index < -0.39 is 0 Å². The van der Waals surface area contributed by atoms with E-state index in [1.165, 1.54) is 30.5 Å². The molecule has 0 amide bonds. The molecule has 2 aliphatic heterocycles. The van der Waals surface area contributed by atoms with Gasteiger partial charge in [0.25, 0.3) is 0 Å². The number of nitrogens with zero attached hydrogens (tertiary/aromatic N) is 1. The number of hydrogen-bond donors (Lipinski definition) is 1. The van der Waals surface area contributed by atoms with E-state index in [1.54, 1.807) is 5.57 Å². The third kappa shape index (κ3) is 2.59. The molecular formula is C15H20N2. The Morgan fingerprint density at radius 2 is 1.94 bits per heavy atom. The van der Waals surface area contributed by atoms with Crippen molar-refractivity contribution in [2.75, 3.05) is 19.6 Å². The van der Waals surface area contributed by atoms with Gasteiger partial charge in [0.2, 0.25) is 0 Å². The highest BCUT2D eigenvalue weighted by Gasteiger charge is 2.17. The molecule has 1 aromatic rings. The van der Waals surface area contributed by atoms with E-state index in [0.717, 1.165) is 26.2 Å². The highest BCUT2D eigenvalue weighted by molar-refractivity contribution is 5.30. The molecule has 0 saturated carbocycles. The minimum atomic E-state index is 1.10. The number of benzene rings is 1. The Kier molecular flexibility index (Phi) is 3.25. The molecule has 1 N–H and O–H groups in total. The Labute approximate surface area is 103 Å². The number of piperidine rings is 1. The number of nitrogens with one attached hydrogen (secondary N) is 1. The van der Waals surface area contributed by atoms with Gasteiger partial charge in [0.1, 0.15) is 0 Å². The smallest absolute Gasteiger partial charge is 0.0243 e. The monoisotopic (exact) mass is 228 g/mol. The molecule has 2 aliphatic rings. The van der Waals surface area contributed by atoms with E-state index in [0.29, 0.717) is 0 Å². The topological polar surface area (TPSA) is 15.3 Å². The van der Waals surface area contributed by atoms with Crippen molar-refractivity contribution in [3.63, 3.8) is 0 Å². The molecule has 0 bridgehead atoms. The minimum Gasteiger partial charge on any atom is -0.313 e. The summed E-state index contributed by atoms with van der Waals surface area (Å²) in [5.41, 5.74) is 4.60. The van der Waals surface area contributed by atoms with Crippen molar-refractivity contribution >= 4 is 0 Å². The summed E-state index contributed by atoms with van der Waals surface area (Å²) in [6, 6.07) is 8.80. The van der Waals surface area contributed by atoms with Gasteiger partial charge in [-0.05, 0) is 30.5 Å². The van der Waals surface area contributed by atoms with Crippen LogP contribution < -0.4 is 5.32 Å². The molecule has 2 heteroatoms. The van der Waals surface area contributed by atoms with Crippen LogP contribution >= 0.6 is 0 Å². The Balaban J connectivity index is 1.58. The van der Waals surface area contributed by atoms with Crippen molar-refractivity contribution in [1.82, 2.24) is 10.2 Å². The van der Waals surface area contributed by atoms with Crippen LogP contribution in [0.25, 0.3) is 0 Å². The molecule has 1 saturated heterocycles. The van der Waals surface area contributed by atoms with Crippen molar-refractivity contribution in [1.29, 1.82) is 0 Å². The first-order chi connectivity index (χ1) is 8.42. The fourth-order valence-electron chi connectivity index (χ4n) is 2.74. The van der Waals surface area contributed by atoms with Crippen molar-refractivity contribution < 1.29 is 0 Å². The summed E-state index contributed by atoms with van der Waals surface area (Å²) in [5.74, 6) is 0. The second kappa shape index (κ2) is 5.03. The zero-order chi connectivity index (χ0) is 11.5. The fourth-order valence-corrected chi connectivity index (χ4v) is 2.74. The van der Waals surface area contributed by atoms with Gasteiger partial charge >= 0.3 is 0 Å². The Bertz CT molecular complexity index is 390. The second-order valence-electron chi connectivity index (χ2n) is 5.08. The van der Waals surface area contributed by atoms with Gasteiger partial charge < -0.3 is 5.32 Å². The molecule has 2 nitrogen and oxygen atoms in total. The van der Waals surface area contributed by atoms with Crippen molar-refractivity contribution in [3.05, 3.63) is 47.0 Å². The maximum absolute atomic E-state index is 3.44. The van der Waals surface area contributed by atoms with Crippen molar-refractivity contribution in [2.24, 2.45) is 0 Å². The SMILES string of the molecule is C(CN1Cc2ccccc2C1)=C1CCCNC1. The van der Waals surface area contributed by atoms with Crippen LogP contribution in [0.15, 0.2) is 35.9 Å². The lowest BCUT2D eigenvalue weighted by Gasteiger charge is -2.17. The van der Waals surface area contributed by atoms with Crippen LogP contribution in [0.1, 0.15) is 24.0 Å². The molecular weight excluding hydrogens is 208 g/mol. The highest BCUT2D eigenvalue weighted by atomic mass is 15.1. The first-order valence-corrected chi connectivity index (χ1v) is 6.59. The lowest BCUT2D eigenvalue weighted by molar-refractivity contribution is 0.315. The van der Waals surface area contributed by atoms with Crippen LogP contribution in [-0.4, -0.2) is 24.5 Å². The van der Waals surface area contributed by atoms with E-state index in [-0.39, 0.29) is 0 Å². The predicted molar refractivity (Wildman–Crippen MR) is 70.7 cm³/mol. The number of fused-ring (bicyclic) bond motifs is 1. The van der Waals surface area contributed by atoms with Gasteiger partial charge in [-0.15, -0.1) is 0 Å².